The first-order valence-electron chi connectivity index (χ1n) is 6.30. The van der Waals surface area contributed by atoms with E-state index in [9.17, 15) is 13.2 Å². The summed E-state index contributed by atoms with van der Waals surface area (Å²) in [6.07, 6.45) is 0.269. The molecule has 1 aromatic rings. The Morgan fingerprint density at radius 3 is 2.35 bits per heavy atom. The van der Waals surface area contributed by atoms with E-state index >= 15 is 0 Å². The number of rotatable bonds is 7. The molecule has 20 heavy (non-hydrogen) atoms. The van der Waals surface area contributed by atoms with E-state index < -0.39 is 10.0 Å². The molecule has 0 saturated carbocycles. The molecule has 0 atom stereocenters. The van der Waals surface area contributed by atoms with Crippen LogP contribution >= 0.6 is 0 Å². The fourth-order valence-corrected chi connectivity index (χ4v) is 2.40. The Morgan fingerprint density at radius 1 is 1.25 bits per heavy atom. The van der Waals surface area contributed by atoms with E-state index in [1.54, 1.807) is 19.1 Å². The fourth-order valence-electron chi connectivity index (χ4n) is 1.50. The lowest BCUT2D eigenvalue weighted by Crippen LogP contribution is -2.22. The van der Waals surface area contributed by atoms with Crippen LogP contribution in [0.2, 0.25) is 0 Å². The van der Waals surface area contributed by atoms with E-state index in [1.165, 1.54) is 26.2 Å². The number of ether oxygens (including phenoxy) is 1. The van der Waals surface area contributed by atoms with E-state index in [-0.39, 0.29) is 17.3 Å². The summed E-state index contributed by atoms with van der Waals surface area (Å²) in [4.78, 5) is 11.4. The van der Waals surface area contributed by atoms with Gasteiger partial charge in [0.15, 0.2) is 0 Å². The van der Waals surface area contributed by atoms with Crippen LogP contribution < -0.4 is 5.32 Å². The number of anilines is 1. The van der Waals surface area contributed by atoms with Crippen LogP contribution in [-0.4, -0.2) is 45.9 Å². The van der Waals surface area contributed by atoms with E-state index in [1.807, 2.05) is 0 Å². The molecule has 0 fully saturated rings. The van der Waals surface area contributed by atoms with Crippen molar-refractivity contribution in [3.05, 3.63) is 24.3 Å². The number of esters is 1. The van der Waals surface area contributed by atoms with Crippen molar-refractivity contribution in [3.63, 3.8) is 0 Å². The molecule has 112 valence electrons. The van der Waals surface area contributed by atoms with Crippen molar-refractivity contribution in [1.29, 1.82) is 0 Å². The van der Waals surface area contributed by atoms with Crippen molar-refractivity contribution in [2.75, 3.05) is 32.6 Å². The van der Waals surface area contributed by atoms with Crippen LogP contribution in [-0.2, 0) is 19.6 Å². The number of hydrogen-bond donors (Lipinski definition) is 1. The first kappa shape index (κ1) is 16.5. The van der Waals surface area contributed by atoms with Crippen molar-refractivity contribution in [1.82, 2.24) is 4.31 Å². The predicted molar refractivity (Wildman–Crippen MR) is 77.1 cm³/mol. The minimum Gasteiger partial charge on any atom is -0.466 e. The Hall–Kier alpha value is -1.60. The van der Waals surface area contributed by atoms with Crippen molar-refractivity contribution in [3.8, 4) is 0 Å². The third-order valence-corrected chi connectivity index (χ3v) is 4.43. The summed E-state index contributed by atoms with van der Waals surface area (Å²) in [5, 5.41) is 3.03. The molecule has 0 aliphatic rings. The quantitative estimate of drug-likeness (QED) is 0.768. The number of hydrogen-bond acceptors (Lipinski definition) is 5. The van der Waals surface area contributed by atoms with Crippen molar-refractivity contribution >= 4 is 21.7 Å². The minimum absolute atomic E-state index is 0.235. The number of carbonyl (C=O) groups excluding carboxylic acids is 1. The molecule has 0 saturated heterocycles. The molecule has 1 N–H and O–H groups in total. The van der Waals surface area contributed by atoms with Gasteiger partial charge in [-0.25, -0.2) is 12.7 Å². The van der Waals surface area contributed by atoms with Crippen molar-refractivity contribution in [2.45, 2.75) is 18.2 Å². The second-order valence-corrected chi connectivity index (χ2v) is 6.45. The standard InChI is InChI=1S/C13H20N2O4S/c1-4-19-13(16)9-10-14-11-5-7-12(8-6-11)20(17,18)15(2)3/h5-8,14H,4,9-10H2,1-3H3. The summed E-state index contributed by atoms with van der Waals surface area (Å²) < 4.78 is 29.7. The summed E-state index contributed by atoms with van der Waals surface area (Å²) in [5.41, 5.74) is 0.756. The van der Waals surface area contributed by atoms with Crippen LogP contribution in [0.25, 0.3) is 0 Å². The monoisotopic (exact) mass is 300 g/mol. The summed E-state index contributed by atoms with van der Waals surface area (Å²) in [6.45, 7) is 2.57. The minimum atomic E-state index is -3.40. The maximum Gasteiger partial charge on any atom is 0.307 e. The maximum atomic E-state index is 11.9. The van der Waals surface area contributed by atoms with Crippen LogP contribution in [0.3, 0.4) is 0 Å². The lowest BCUT2D eigenvalue weighted by atomic mass is 10.3. The lowest BCUT2D eigenvalue weighted by Gasteiger charge is -2.12. The van der Waals surface area contributed by atoms with Gasteiger partial charge in [-0.15, -0.1) is 0 Å². The second-order valence-electron chi connectivity index (χ2n) is 4.29. The van der Waals surface area contributed by atoms with Gasteiger partial charge in [0.1, 0.15) is 0 Å². The smallest absolute Gasteiger partial charge is 0.307 e. The molecule has 0 bridgehead atoms. The van der Waals surface area contributed by atoms with E-state index in [0.717, 1.165) is 9.99 Å². The van der Waals surface area contributed by atoms with Crippen LogP contribution in [0, 0.1) is 0 Å². The molecular formula is C13H20N2O4S. The van der Waals surface area contributed by atoms with Gasteiger partial charge in [-0.3, -0.25) is 4.79 Å². The Morgan fingerprint density at radius 2 is 1.85 bits per heavy atom. The zero-order chi connectivity index (χ0) is 15.2. The summed E-state index contributed by atoms with van der Waals surface area (Å²) in [7, 11) is -0.430. The lowest BCUT2D eigenvalue weighted by molar-refractivity contribution is -0.142. The average molecular weight is 300 g/mol. The molecule has 0 aliphatic heterocycles. The zero-order valence-corrected chi connectivity index (χ0v) is 12.7. The van der Waals surface area contributed by atoms with E-state index in [2.05, 4.69) is 5.32 Å². The Bertz CT molecular complexity index is 538. The number of nitrogens with zero attached hydrogens (tertiary/aromatic N) is 1. The molecule has 0 heterocycles. The molecule has 1 aromatic carbocycles. The zero-order valence-electron chi connectivity index (χ0n) is 11.9. The summed E-state index contributed by atoms with van der Waals surface area (Å²) in [5.74, 6) is -0.258. The molecule has 1 rings (SSSR count). The van der Waals surface area contributed by atoms with Gasteiger partial charge in [-0.05, 0) is 31.2 Å². The first-order chi connectivity index (χ1) is 9.37. The molecular weight excluding hydrogens is 280 g/mol. The summed E-state index contributed by atoms with van der Waals surface area (Å²) >= 11 is 0. The average Bonchev–Trinajstić information content (AvgIpc) is 2.39. The number of nitrogens with one attached hydrogen (secondary N) is 1. The highest BCUT2D eigenvalue weighted by atomic mass is 32.2. The van der Waals surface area contributed by atoms with E-state index in [0.29, 0.717) is 13.2 Å². The number of carbonyl (C=O) groups is 1. The Kier molecular flexibility index (Phi) is 5.97. The molecule has 0 spiro atoms. The number of benzene rings is 1. The highest BCUT2D eigenvalue weighted by Crippen LogP contribution is 2.16. The highest BCUT2D eigenvalue weighted by Gasteiger charge is 2.16. The van der Waals surface area contributed by atoms with Crippen LogP contribution in [0.1, 0.15) is 13.3 Å². The van der Waals surface area contributed by atoms with Crippen LogP contribution in [0.5, 0.6) is 0 Å². The molecule has 7 heteroatoms. The third-order valence-electron chi connectivity index (χ3n) is 2.60. The molecule has 0 aliphatic carbocycles. The van der Waals surface area contributed by atoms with Gasteiger partial charge in [0.25, 0.3) is 0 Å². The molecule has 0 unspecified atom stereocenters. The first-order valence-corrected chi connectivity index (χ1v) is 7.74. The Labute approximate surface area is 119 Å². The predicted octanol–water partition coefficient (Wildman–Crippen LogP) is 1.30. The molecule has 0 amide bonds. The van der Waals surface area contributed by atoms with E-state index in [4.69, 9.17) is 4.74 Å². The fraction of sp³-hybridized carbons (Fsp3) is 0.462. The van der Waals surface area contributed by atoms with Gasteiger partial charge in [-0.1, -0.05) is 0 Å². The third kappa shape index (κ3) is 4.50. The van der Waals surface area contributed by atoms with Crippen molar-refractivity contribution < 1.29 is 17.9 Å². The van der Waals surface area contributed by atoms with Gasteiger partial charge in [-0.2, -0.15) is 0 Å². The van der Waals surface area contributed by atoms with Crippen molar-refractivity contribution in [2.24, 2.45) is 0 Å². The normalized spacial score (nSPS) is 11.4. The van der Waals surface area contributed by atoms with Gasteiger partial charge in [0.05, 0.1) is 17.9 Å². The summed E-state index contributed by atoms with van der Waals surface area (Å²) in [6, 6.07) is 6.40. The SMILES string of the molecule is CCOC(=O)CCNc1ccc(S(=O)(=O)N(C)C)cc1. The topological polar surface area (TPSA) is 75.7 Å². The second kappa shape index (κ2) is 7.25. The van der Waals surface area contributed by atoms with Gasteiger partial charge >= 0.3 is 5.97 Å². The largest absolute Gasteiger partial charge is 0.466 e. The van der Waals surface area contributed by atoms with Gasteiger partial charge in [0, 0.05) is 26.3 Å². The number of sulfonamides is 1. The van der Waals surface area contributed by atoms with Crippen LogP contribution in [0.4, 0.5) is 5.69 Å². The van der Waals surface area contributed by atoms with Gasteiger partial charge < -0.3 is 10.1 Å². The van der Waals surface area contributed by atoms with Crippen LogP contribution in [0.15, 0.2) is 29.2 Å². The van der Waals surface area contributed by atoms with Gasteiger partial charge in [0.2, 0.25) is 10.0 Å². The molecule has 0 radical (unpaired) electrons. The molecule has 0 aromatic heterocycles. The Balaban J connectivity index is 2.58. The molecule has 6 nitrogen and oxygen atoms in total. The highest BCUT2D eigenvalue weighted by molar-refractivity contribution is 7.89. The maximum absolute atomic E-state index is 11.9.